The quantitative estimate of drug-likeness (QED) is 0.872. The lowest BCUT2D eigenvalue weighted by Crippen LogP contribution is -2.13. The molecule has 0 saturated carbocycles. The zero-order valence-corrected chi connectivity index (χ0v) is 11.1. The van der Waals surface area contributed by atoms with Crippen LogP contribution in [0.25, 0.3) is 0 Å². The molecule has 0 amide bonds. The van der Waals surface area contributed by atoms with Gasteiger partial charge in [-0.2, -0.15) is 0 Å². The van der Waals surface area contributed by atoms with Crippen molar-refractivity contribution in [3.05, 3.63) is 65.5 Å². The molecule has 0 heterocycles. The van der Waals surface area contributed by atoms with E-state index in [0.29, 0.717) is 24.3 Å². The van der Waals surface area contributed by atoms with E-state index in [-0.39, 0.29) is 11.9 Å². The monoisotopic (exact) mass is 277 g/mol. The Balaban J connectivity index is 2.16. The number of hydrogen-bond acceptors (Lipinski definition) is 2. The molecule has 2 N–H and O–H groups in total. The first-order valence-electron chi connectivity index (χ1n) is 6.50. The molecule has 0 spiro atoms. The molecule has 0 radical (unpaired) electrons. The van der Waals surface area contributed by atoms with Crippen LogP contribution in [-0.2, 0) is 6.67 Å². The van der Waals surface area contributed by atoms with Gasteiger partial charge in [-0.25, -0.2) is 8.78 Å². The smallest absolute Gasteiger partial charge is 0.125 e. The van der Waals surface area contributed by atoms with Gasteiger partial charge in [0, 0.05) is 6.42 Å². The summed E-state index contributed by atoms with van der Waals surface area (Å²) in [6, 6.07) is 13.0. The maximum Gasteiger partial charge on any atom is 0.125 e. The summed E-state index contributed by atoms with van der Waals surface area (Å²) in [7, 11) is 0. The minimum atomic E-state index is -0.504. The van der Waals surface area contributed by atoms with Crippen molar-refractivity contribution in [3.8, 4) is 5.75 Å². The van der Waals surface area contributed by atoms with Gasteiger partial charge in [-0.1, -0.05) is 24.3 Å². The lowest BCUT2D eigenvalue weighted by Gasteiger charge is -2.19. The van der Waals surface area contributed by atoms with Gasteiger partial charge in [-0.3, -0.25) is 0 Å². The minimum Gasteiger partial charge on any atom is -0.486 e. The van der Waals surface area contributed by atoms with Crippen LogP contribution in [0.3, 0.4) is 0 Å². The molecule has 106 valence electrons. The summed E-state index contributed by atoms with van der Waals surface area (Å²) in [6.07, 6.45) is 0.265. The van der Waals surface area contributed by atoms with Crippen molar-refractivity contribution in [2.45, 2.75) is 19.2 Å². The van der Waals surface area contributed by atoms with E-state index in [1.165, 1.54) is 12.1 Å². The molecule has 0 bridgehead atoms. The molecule has 4 heteroatoms. The van der Waals surface area contributed by atoms with Gasteiger partial charge < -0.3 is 10.5 Å². The van der Waals surface area contributed by atoms with Crippen LogP contribution in [0.1, 0.15) is 23.7 Å². The van der Waals surface area contributed by atoms with Gasteiger partial charge in [0.1, 0.15) is 24.3 Å². The SMILES string of the molecule is NCC[C@H](Oc1ccc(CF)cc1)c1cccc(F)c1. The van der Waals surface area contributed by atoms with Gasteiger partial charge in [0.15, 0.2) is 0 Å². The Morgan fingerprint density at radius 2 is 1.85 bits per heavy atom. The topological polar surface area (TPSA) is 35.2 Å². The van der Waals surface area contributed by atoms with E-state index in [0.717, 1.165) is 5.56 Å². The first kappa shape index (κ1) is 14.5. The first-order chi connectivity index (χ1) is 9.72. The second-order valence-corrected chi connectivity index (χ2v) is 4.52. The molecule has 0 aromatic heterocycles. The number of halogens is 2. The predicted octanol–water partition coefficient (Wildman–Crippen LogP) is 3.76. The minimum absolute atomic E-state index is 0.305. The fraction of sp³-hybridized carbons (Fsp3) is 0.250. The summed E-state index contributed by atoms with van der Waals surface area (Å²) >= 11 is 0. The molecule has 0 aliphatic carbocycles. The van der Waals surface area contributed by atoms with Gasteiger partial charge in [-0.05, 0) is 41.9 Å². The Morgan fingerprint density at radius 3 is 2.45 bits per heavy atom. The van der Waals surface area contributed by atoms with Crippen molar-refractivity contribution < 1.29 is 13.5 Å². The van der Waals surface area contributed by atoms with Crippen LogP contribution in [0.2, 0.25) is 0 Å². The average Bonchev–Trinajstić information content (AvgIpc) is 2.47. The Hall–Kier alpha value is -1.94. The second-order valence-electron chi connectivity index (χ2n) is 4.52. The van der Waals surface area contributed by atoms with E-state index in [4.69, 9.17) is 10.5 Å². The summed E-state index contributed by atoms with van der Waals surface area (Å²) < 4.78 is 31.6. The summed E-state index contributed by atoms with van der Waals surface area (Å²) in [5.41, 5.74) is 6.92. The van der Waals surface area contributed by atoms with E-state index in [9.17, 15) is 8.78 Å². The number of nitrogens with two attached hydrogens (primary N) is 1. The fourth-order valence-electron chi connectivity index (χ4n) is 1.97. The van der Waals surface area contributed by atoms with Crippen molar-refractivity contribution in [1.82, 2.24) is 0 Å². The third-order valence-corrected chi connectivity index (χ3v) is 3.01. The van der Waals surface area contributed by atoms with E-state index in [1.54, 1.807) is 36.4 Å². The highest BCUT2D eigenvalue weighted by molar-refractivity contribution is 5.28. The predicted molar refractivity (Wildman–Crippen MR) is 74.7 cm³/mol. The van der Waals surface area contributed by atoms with E-state index in [2.05, 4.69) is 0 Å². The molecule has 2 rings (SSSR count). The summed E-state index contributed by atoms with van der Waals surface area (Å²) in [5, 5.41) is 0. The molecule has 2 aromatic carbocycles. The Bertz CT molecular complexity index is 542. The van der Waals surface area contributed by atoms with E-state index < -0.39 is 6.67 Å². The summed E-state index contributed by atoms with van der Waals surface area (Å²) in [4.78, 5) is 0. The maximum atomic E-state index is 13.3. The van der Waals surface area contributed by atoms with Crippen LogP contribution in [0.4, 0.5) is 8.78 Å². The Labute approximate surface area is 117 Å². The van der Waals surface area contributed by atoms with Crippen molar-refractivity contribution in [2.75, 3.05) is 6.54 Å². The van der Waals surface area contributed by atoms with Crippen molar-refractivity contribution in [1.29, 1.82) is 0 Å². The second kappa shape index (κ2) is 7.01. The molecule has 0 fully saturated rings. The third kappa shape index (κ3) is 3.78. The first-order valence-corrected chi connectivity index (χ1v) is 6.50. The van der Waals surface area contributed by atoms with Crippen LogP contribution < -0.4 is 10.5 Å². The fourth-order valence-corrected chi connectivity index (χ4v) is 1.97. The lowest BCUT2D eigenvalue weighted by atomic mass is 10.1. The summed E-state index contributed by atoms with van der Waals surface area (Å²) in [5.74, 6) is 0.311. The van der Waals surface area contributed by atoms with Crippen LogP contribution in [0, 0.1) is 5.82 Å². The molecular formula is C16H17F2NO. The van der Waals surface area contributed by atoms with Gasteiger partial charge in [0.25, 0.3) is 0 Å². The zero-order chi connectivity index (χ0) is 14.4. The van der Waals surface area contributed by atoms with Gasteiger partial charge in [0.05, 0.1) is 0 Å². The number of benzene rings is 2. The Kier molecular flexibility index (Phi) is 5.07. The molecular weight excluding hydrogens is 260 g/mol. The number of rotatable bonds is 6. The molecule has 0 saturated heterocycles. The van der Waals surface area contributed by atoms with Crippen LogP contribution in [-0.4, -0.2) is 6.54 Å². The third-order valence-electron chi connectivity index (χ3n) is 3.01. The highest BCUT2D eigenvalue weighted by atomic mass is 19.1. The molecule has 2 nitrogen and oxygen atoms in total. The highest BCUT2D eigenvalue weighted by Gasteiger charge is 2.13. The van der Waals surface area contributed by atoms with E-state index in [1.807, 2.05) is 0 Å². The Morgan fingerprint density at radius 1 is 1.10 bits per heavy atom. The summed E-state index contributed by atoms with van der Waals surface area (Å²) in [6.45, 7) is -0.0693. The molecule has 0 unspecified atom stereocenters. The standard InChI is InChI=1S/C16H17F2NO/c17-11-12-4-6-15(7-5-12)20-16(8-9-19)13-2-1-3-14(18)10-13/h1-7,10,16H,8-9,11,19H2/t16-/m0/s1. The average molecular weight is 277 g/mol. The van der Waals surface area contributed by atoms with Crippen LogP contribution in [0.5, 0.6) is 5.75 Å². The van der Waals surface area contributed by atoms with Crippen molar-refractivity contribution >= 4 is 0 Å². The maximum absolute atomic E-state index is 13.3. The van der Waals surface area contributed by atoms with Crippen molar-refractivity contribution in [3.63, 3.8) is 0 Å². The zero-order valence-electron chi connectivity index (χ0n) is 11.1. The van der Waals surface area contributed by atoms with Gasteiger partial charge in [-0.15, -0.1) is 0 Å². The number of alkyl halides is 1. The highest BCUT2D eigenvalue weighted by Crippen LogP contribution is 2.25. The van der Waals surface area contributed by atoms with Gasteiger partial charge >= 0.3 is 0 Å². The molecule has 20 heavy (non-hydrogen) atoms. The molecule has 0 aliphatic heterocycles. The van der Waals surface area contributed by atoms with Crippen molar-refractivity contribution in [2.24, 2.45) is 5.73 Å². The molecule has 1 atom stereocenters. The van der Waals surface area contributed by atoms with Gasteiger partial charge in [0.2, 0.25) is 0 Å². The molecule has 0 aliphatic rings. The lowest BCUT2D eigenvalue weighted by molar-refractivity contribution is 0.197. The molecule has 2 aromatic rings. The number of ether oxygens (including phenoxy) is 1. The van der Waals surface area contributed by atoms with E-state index >= 15 is 0 Å². The van der Waals surface area contributed by atoms with Crippen LogP contribution in [0.15, 0.2) is 48.5 Å². The van der Waals surface area contributed by atoms with Crippen LogP contribution >= 0.6 is 0 Å². The normalized spacial score (nSPS) is 12.2. The largest absolute Gasteiger partial charge is 0.486 e. The number of hydrogen-bond donors (Lipinski definition) is 1.